The molecule has 152 valence electrons. The van der Waals surface area contributed by atoms with Crippen LogP contribution in [0.5, 0.6) is 0 Å². The highest BCUT2D eigenvalue weighted by molar-refractivity contribution is 5.86. The predicted molar refractivity (Wildman–Crippen MR) is 106 cm³/mol. The van der Waals surface area contributed by atoms with Crippen molar-refractivity contribution in [1.82, 2.24) is 0 Å². The van der Waals surface area contributed by atoms with E-state index in [1.165, 1.54) is 5.57 Å². The van der Waals surface area contributed by atoms with Gasteiger partial charge in [0.2, 0.25) is 0 Å². The monoisotopic (exact) mass is 386 g/mol. The molecule has 0 amide bonds. The minimum atomic E-state index is -0.841. The van der Waals surface area contributed by atoms with Crippen LogP contribution in [0, 0.1) is 17.3 Å². The Morgan fingerprint density at radius 2 is 1.89 bits per heavy atom. The van der Waals surface area contributed by atoms with Gasteiger partial charge in [0.1, 0.15) is 11.5 Å². The van der Waals surface area contributed by atoms with Gasteiger partial charge >= 0.3 is 11.9 Å². The number of azo groups is 1. The van der Waals surface area contributed by atoms with E-state index in [1.807, 2.05) is 19.9 Å². The molecule has 0 aromatic carbocycles. The normalized spacial score (nSPS) is 36.3. The van der Waals surface area contributed by atoms with E-state index in [9.17, 15) is 14.7 Å². The summed E-state index contributed by atoms with van der Waals surface area (Å²) in [6.45, 7) is 6.97. The third-order valence-corrected chi connectivity index (χ3v) is 6.17. The van der Waals surface area contributed by atoms with Crippen LogP contribution < -0.4 is 0 Å². The van der Waals surface area contributed by atoms with Crippen molar-refractivity contribution in [2.75, 3.05) is 13.1 Å². The van der Waals surface area contributed by atoms with Crippen LogP contribution in [-0.2, 0) is 14.3 Å². The average Bonchev–Trinajstić information content (AvgIpc) is 3.19. The Morgan fingerprint density at radius 1 is 1.18 bits per heavy atom. The van der Waals surface area contributed by atoms with Crippen LogP contribution in [0.25, 0.3) is 0 Å². The number of carbonyl (C=O) groups excluding carboxylic acids is 1. The van der Waals surface area contributed by atoms with Gasteiger partial charge in [0, 0.05) is 11.5 Å². The van der Waals surface area contributed by atoms with Gasteiger partial charge in [0.05, 0.1) is 13.1 Å². The van der Waals surface area contributed by atoms with Crippen molar-refractivity contribution >= 4 is 11.9 Å². The fourth-order valence-electron chi connectivity index (χ4n) is 4.63. The summed E-state index contributed by atoms with van der Waals surface area (Å²) in [5.74, 6) is -0.844. The second-order valence-electron chi connectivity index (χ2n) is 8.55. The summed E-state index contributed by atoms with van der Waals surface area (Å²) in [7, 11) is 0. The van der Waals surface area contributed by atoms with E-state index in [-0.39, 0.29) is 23.9 Å². The number of ether oxygens (including phenoxy) is 1. The average molecular weight is 386 g/mol. The van der Waals surface area contributed by atoms with Crippen LogP contribution in [0.15, 0.2) is 45.2 Å². The van der Waals surface area contributed by atoms with Gasteiger partial charge < -0.3 is 9.84 Å². The number of carboxylic acids is 1. The van der Waals surface area contributed by atoms with Crippen LogP contribution in [-0.4, -0.2) is 36.2 Å². The number of nitrogens with zero attached hydrogens (tertiary/aromatic N) is 2. The second-order valence-corrected chi connectivity index (χ2v) is 8.55. The van der Waals surface area contributed by atoms with E-state index >= 15 is 0 Å². The number of esters is 1. The Morgan fingerprint density at radius 3 is 2.57 bits per heavy atom. The molecule has 2 heterocycles. The highest BCUT2D eigenvalue weighted by atomic mass is 16.6. The predicted octanol–water partition coefficient (Wildman–Crippen LogP) is 4.48. The van der Waals surface area contributed by atoms with Gasteiger partial charge in [-0.1, -0.05) is 30.2 Å². The smallest absolute Gasteiger partial charge is 0.331 e. The van der Waals surface area contributed by atoms with E-state index < -0.39 is 11.4 Å². The number of aliphatic carboxylic acids is 1. The first-order chi connectivity index (χ1) is 13.3. The zero-order valence-electron chi connectivity index (χ0n) is 17.0. The summed E-state index contributed by atoms with van der Waals surface area (Å²) >= 11 is 0. The minimum Gasteiger partial charge on any atom is -0.478 e. The van der Waals surface area contributed by atoms with E-state index in [2.05, 4.69) is 29.3 Å². The topological polar surface area (TPSA) is 88.3 Å². The molecule has 0 aromatic heterocycles. The van der Waals surface area contributed by atoms with Crippen LogP contribution in [0.4, 0.5) is 0 Å². The molecule has 28 heavy (non-hydrogen) atoms. The molecule has 6 heteroatoms. The molecule has 0 aromatic rings. The van der Waals surface area contributed by atoms with Crippen molar-refractivity contribution in [1.29, 1.82) is 0 Å². The van der Waals surface area contributed by atoms with E-state index in [1.54, 1.807) is 0 Å². The molecular weight excluding hydrogens is 356 g/mol. The molecule has 2 aliphatic heterocycles. The summed E-state index contributed by atoms with van der Waals surface area (Å²) in [5, 5.41) is 17.7. The Hall–Kier alpha value is -2.24. The van der Waals surface area contributed by atoms with Gasteiger partial charge in [-0.3, -0.25) is 4.79 Å². The zero-order chi connectivity index (χ0) is 20.3. The maximum absolute atomic E-state index is 12.7. The zero-order valence-corrected chi connectivity index (χ0v) is 17.0. The first-order valence-corrected chi connectivity index (χ1v) is 10.1. The number of hydrogen-bond donors (Lipinski definition) is 1. The van der Waals surface area contributed by atoms with Gasteiger partial charge in [0.25, 0.3) is 0 Å². The van der Waals surface area contributed by atoms with Crippen molar-refractivity contribution < 1.29 is 19.4 Å². The Bertz CT molecular complexity index is 754. The molecule has 0 bridgehead atoms. The molecule has 1 fully saturated rings. The minimum absolute atomic E-state index is 0.0664. The van der Waals surface area contributed by atoms with Crippen molar-refractivity contribution in [3.63, 3.8) is 0 Å². The summed E-state index contributed by atoms with van der Waals surface area (Å²) in [6.07, 6.45) is 9.47. The number of rotatable bonds is 1. The van der Waals surface area contributed by atoms with Crippen LogP contribution in [0.1, 0.15) is 52.9 Å². The highest BCUT2D eigenvalue weighted by Gasteiger charge is 2.58. The van der Waals surface area contributed by atoms with Gasteiger partial charge in [-0.25, -0.2) is 4.79 Å². The molecule has 0 saturated carbocycles. The molecule has 3 atom stereocenters. The molecule has 1 unspecified atom stereocenters. The fourth-order valence-corrected chi connectivity index (χ4v) is 4.63. The van der Waals surface area contributed by atoms with Crippen LogP contribution in [0.2, 0.25) is 0 Å². The Labute approximate surface area is 166 Å². The second kappa shape index (κ2) is 8.41. The first-order valence-electron chi connectivity index (χ1n) is 10.1. The lowest BCUT2D eigenvalue weighted by Gasteiger charge is -2.26. The number of fused-ring (bicyclic) bond motifs is 2. The maximum atomic E-state index is 12.7. The summed E-state index contributed by atoms with van der Waals surface area (Å²) in [4.78, 5) is 24.3. The molecule has 1 aliphatic carbocycles. The largest absolute Gasteiger partial charge is 0.478 e. The van der Waals surface area contributed by atoms with E-state index in [0.717, 1.165) is 24.8 Å². The lowest BCUT2D eigenvalue weighted by atomic mass is 9.72. The molecule has 3 aliphatic rings. The molecule has 1 N–H and O–H groups in total. The van der Waals surface area contributed by atoms with E-state index in [4.69, 9.17) is 4.74 Å². The summed E-state index contributed by atoms with van der Waals surface area (Å²) < 4.78 is 5.80. The lowest BCUT2D eigenvalue weighted by molar-refractivity contribution is -0.146. The van der Waals surface area contributed by atoms with Gasteiger partial charge in [0.15, 0.2) is 0 Å². The highest BCUT2D eigenvalue weighted by Crippen LogP contribution is 2.46. The van der Waals surface area contributed by atoms with Gasteiger partial charge in [-0.15, -0.1) is 0 Å². The van der Waals surface area contributed by atoms with Crippen molar-refractivity contribution in [3.05, 3.63) is 34.9 Å². The van der Waals surface area contributed by atoms with Gasteiger partial charge in [-0.05, 0) is 57.9 Å². The van der Waals surface area contributed by atoms with Crippen molar-refractivity contribution in [2.45, 2.75) is 59.0 Å². The number of carboxylic acid groups (broad SMARTS) is 1. The number of carbonyl (C=O) groups is 2. The Kier molecular flexibility index (Phi) is 6.16. The third-order valence-electron chi connectivity index (χ3n) is 6.17. The summed E-state index contributed by atoms with van der Waals surface area (Å²) in [5.41, 5.74) is 2.20. The first kappa shape index (κ1) is 20.5. The Balaban J connectivity index is 1.91. The molecule has 1 spiro atoms. The third kappa shape index (κ3) is 4.26. The number of hydrogen-bond acceptors (Lipinski definition) is 5. The van der Waals surface area contributed by atoms with Gasteiger partial charge in [-0.2, -0.15) is 10.2 Å². The molecular formula is C22H30N2O4. The summed E-state index contributed by atoms with van der Waals surface area (Å²) in [6, 6.07) is 0. The molecule has 6 nitrogen and oxygen atoms in total. The fraction of sp³-hybridized carbons (Fsp3) is 0.636. The molecule has 1 saturated heterocycles. The van der Waals surface area contributed by atoms with E-state index in [0.29, 0.717) is 31.5 Å². The van der Waals surface area contributed by atoms with Crippen molar-refractivity contribution in [2.24, 2.45) is 27.5 Å². The standard InChI is InChI=1S/C22H30N2O4/c1-14-5-4-6-17(20(25)26)10-15(2)9-16(3)11-19-18(8-7-14)22(21(27)28-19)12-23-24-13-22/h5,10-11,15,18-19H,4,6-9,12-13H2,1-3H3,(H,25,26)/b14-5+,16-11+,17-10-/t15?,18-,19-/m0/s1. The number of allylic oxidation sites excluding steroid dienone is 4. The quantitative estimate of drug-likeness (QED) is 0.531. The van der Waals surface area contributed by atoms with Crippen LogP contribution >= 0.6 is 0 Å². The molecule has 3 rings (SSSR count). The lowest BCUT2D eigenvalue weighted by Crippen LogP contribution is -2.38. The SMILES string of the molecule is C/C1=C\CC/C(C(=O)O)=C/C(C)C/C(C)=C/[C@@H]2OC(=O)C3(CN=NC3)[C@H]2CC1. The van der Waals surface area contributed by atoms with Crippen molar-refractivity contribution in [3.8, 4) is 0 Å². The maximum Gasteiger partial charge on any atom is 0.331 e. The molecule has 0 radical (unpaired) electrons. The van der Waals surface area contributed by atoms with Crippen LogP contribution in [0.3, 0.4) is 0 Å².